The molecule has 0 aromatic heterocycles. The first kappa shape index (κ1) is 8.92. The standard InChI is InChI=1S/C7H17NO/c1-6(2)8(4)7(3)5-9/h6-7,9H,5H2,1-4H3. The van der Waals surface area contributed by atoms with Crippen molar-refractivity contribution in [2.45, 2.75) is 32.9 Å². The molecule has 0 aromatic rings. The van der Waals surface area contributed by atoms with Crippen LogP contribution in [0.25, 0.3) is 0 Å². The molecule has 0 fully saturated rings. The van der Waals surface area contributed by atoms with Crippen molar-refractivity contribution in [3.05, 3.63) is 0 Å². The number of likely N-dealkylation sites (N-methyl/N-ethyl adjacent to an activating group) is 1. The average Bonchev–Trinajstić information content (AvgIpc) is 1.84. The highest BCUT2D eigenvalue weighted by molar-refractivity contribution is 4.64. The third kappa shape index (κ3) is 2.82. The Morgan fingerprint density at radius 1 is 1.33 bits per heavy atom. The zero-order valence-corrected chi connectivity index (χ0v) is 6.76. The van der Waals surface area contributed by atoms with Crippen LogP contribution in [0, 0.1) is 0 Å². The Labute approximate surface area is 57.5 Å². The Hall–Kier alpha value is -0.0800. The normalized spacial score (nSPS) is 15.0. The minimum absolute atomic E-state index is 0.245. The molecule has 0 saturated heterocycles. The first-order valence-corrected chi connectivity index (χ1v) is 3.42. The number of rotatable bonds is 3. The molecule has 56 valence electrons. The minimum Gasteiger partial charge on any atom is -0.395 e. The first-order valence-electron chi connectivity index (χ1n) is 3.42. The van der Waals surface area contributed by atoms with Gasteiger partial charge in [0, 0.05) is 12.1 Å². The van der Waals surface area contributed by atoms with Crippen molar-refractivity contribution in [3.63, 3.8) is 0 Å². The lowest BCUT2D eigenvalue weighted by atomic mass is 10.2. The van der Waals surface area contributed by atoms with Gasteiger partial charge in [-0.2, -0.15) is 0 Å². The van der Waals surface area contributed by atoms with Gasteiger partial charge in [0.15, 0.2) is 0 Å². The molecule has 0 aliphatic carbocycles. The molecule has 0 aliphatic rings. The van der Waals surface area contributed by atoms with Gasteiger partial charge in [-0.05, 0) is 27.8 Å². The lowest BCUT2D eigenvalue weighted by Crippen LogP contribution is -2.37. The maximum absolute atomic E-state index is 8.71. The molecule has 1 N–H and O–H groups in total. The van der Waals surface area contributed by atoms with Crippen molar-refractivity contribution in [1.82, 2.24) is 4.90 Å². The summed E-state index contributed by atoms with van der Waals surface area (Å²) in [5, 5.41) is 8.71. The molecule has 9 heavy (non-hydrogen) atoms. The van der Waals surface area contributed by atoms with Crippen molar-refractivity contribution in [3.8, 4) is 0 Å². The summed E-state index contributed by atoms with van der Waals surface area (Å²) in [6.07, 6.45) is 0. The van der Waals surface area contributed by atoms with Gasteiger partial charge in [0.05, 0.1) is 6.61 Å². The molecule has 2 nitrogen and oxygen atoms in total. The predicted molar refractivity (Wildman–Crippen MR) is 39.4 cm³/mol. The van der Waals surface area contributed by atoms with Crippen LogP contribution in [-0.2, 0) is 0 Å². The second-order valence-electron chi connectivity index (χ2n) is 2.79. The summed E-state index contributed by atoms with van der Waals surface area (Å²) in [4.78, 5) is 2.14. The van der Waals surface area contributed by atoms with E-state index in [0.717, 1.165) is 0 Å². The van der Waals surface area contributed by atoms with E-state index >= 15 is 0 Å². The second kappa shape index (κ2) is 3.85. The van der Waals surface area contributed by atoms with Gasteiger partial charge in [0.25, 0.3) is 0 Å². The Bertz CT molecular complexity index is 73.3. The largest absolute Gasteiger partial charge is 0.395 e. The van der Waals surface area contributed by atoms with E-state index in [1.165, 1.54) is 0 Å². The Morgan fingerprint density at radius 2 is 1.78 bits per heavy atom. The number of nitrogens with zero attached hydrogens (tertiary/aromatic N) is 1. The van der Waals surface area contributed by atoms with Crippen molar-refractivity contribution in [2.75, 3.05) is 13.7 Å². The summed E-state index contributed by atoms with van der Waals surface area (Å²) < 4.78 is 0. The fraction of sp³-hybridized carbons (Fsp3) is 1.00. The van der Waals surface area contributed by atoms with E-state index in [1.807, 2.05) is 14.0 Å². The topological polar surface area (TPSA) is 23.5 Å². The highest BCUT2D eigenvalue weighted by atomic mass is 16.3. The molecular weight excluding hydrogens is 114 g/mol. The molecule has 0 aliphatic heterocycles. The van der Waals surface area contributed by atoms with E-state index in [4.69, 9.17) is 5.11 Å². The maximum Gasteiger partial charge on any atom is 0.0584 e. The fourth-order valence-corrected chi connectivity index (χ4v) is 0.638. The Balaban J connectivity index is 3.58. The van der Waals surface area contributed by atoms with Crippen LogP contribution in [0.5, 0.6) is 0 Å². The van der Waals surface area contributed by atoms with E-state index in [0.29, 0.717) is 6.04 Å². The zero-order valence-electron chi connectivity index (χ0n) is 6.76. The van der Waals surface area contributed by atoms with Crippen LogP contribution in [0.2, 0.25) is 0 Å². The number of aliphatic hydroxyl groups is 1. The lowest BCUT2D eigenvalue weighted by Gasteiger charge is -2.26. The number of hydrogen-bond acceptors (Lipinski definition) is 2. The summed E-state index contributed by atoms with van der Waals surface area (Å²) in [6, 6.07) is 0.803. The third-order valence-corrected chi connectivity index (χ3v) is 1.77. The van der Waals surface area contributed by atoms with Crippen LogP contribution in [0.3, 0.4) is 0 Å². The van der Waals surface area contributed by atoms with Crippen molar-refractivity contribution < 1.29 is 5.11 Å². The molecule has 0 saturated carbocycles. The summed E-state index contributed by atoms with van der Waals surface area (Å²) in [7, 11) is 2.02. The summed E-state index contributed by atoms with van der Waals surface area (Å²) in [5.74, 6) is 0. The summed E-state index contributed by atoms with van der Waals surface area (Å²) >= 11 is 0. The molecule has 1 atom stereocenters. The average molecular weight is 131 g/mol. The van der Waals surface area contributed by atoms with Gasteiger partial charge in [-0.3, -0.25) is 4.90 Å². The van der Waals surface area contributed by atoms with Gasteiger partial charge in [-0.1, -0.05) is 0 Å². The lowest BCUT2D eigenvalue weighted by molar-refractivity contribution is 0.133. The monoisotopic (exact) mass is 131 g/mol. The third-order valence-electron chi connectivity index (χ3n) is 1.77. The van der Waals surface area contributed by atoms with Crippen LogP contribution in [0.1, 0.15) is 20.8 Å². The molecule has 0 rings (SSSR count). The quantitative estimate of drug-likeness (QED) is 0.609. The highest BCUT2D eigenvalue weighted by Gasteiger charge is 2.09. The summed E-state index contributed by atoms with van der Waals surface area (Å²) in [5.41, 5.74) is 0. The molecule has 0 aromatic carbocycles. The molecule has 0 bridgehead atoms. The van der Waals surface area contributed by atoms with E-state index in [-0.39, 0.29) is 12.6 Å². The van der Waals surface area contributed by atoms with Gasteiger partial charge >= 0.3 is 0 Å². The van der Waals surface area contributed by atoms with Crippen molar-refractivity contribution >= 4 is 0 Å². The molecule has 0 spiro atoms. The molecule has 0 amide bonds. The Morgan fingerprint density at radius 3 is 1.89 bits per heavy atom. The molecule has 0 heterocycles. The minimum atomic E-state index is 0.245. The van der Waals surface area contributed by atoms with Crippen LogP contribution < -0.4 is 0 Å². The highest BCUT2D eigenvalue weighted by Crippen LogP contribution is 1.99. The van der Waals surface area contributed by atoms with E-state index < -0.39 is 0 Å². The number of aliphatic hydroxyl groups excluding tert-OH is 1. The van der Waals surface area contributed by atoms with Crippen LogP contribution in [0.15, 0.2) is 0 Å². The molecule has 2 heteroatoms. The fourth-order valence-electron chi connectivity index (χ4n) is 0.638. The summed E-state index contributed by atoms with van der Waals surface area (Å²) in [6.45, 7) is 6.49. The van der Waals surface area contributed by atoms with Crippen LogP contribution in [0.4, 0.5) is 0 Å². The van der Waals surface area contributed by atoms with Crippen LogP contribution in [-0.4, -0.2) is 35.7 Å². The van der Waals surface area contributed by atoms with E-state index in [9.17, 15) is 0 Å². The molecular formula is C7H17NO. The zero-order chi connectivity index (χ0) is 7.44. The van der Waals surface area contributed by atoms with Crippen molar-refractivity contribution in [2.24, 2.45) is 0 Å². The van der Waals surface area contributed by atoms with Gasteiger partial charge in [-0.25, -0.2) is 0 Å². The van der Waals surface area contributed by atoms with Gasteiger partial charge in [0.2, 0.25) is 0 Å². The molecule has 1 unspecified atom stereocenters. The maximum atomic E-state index is 8.71. The predicted octanol–water partition coefficient (Wildman–Crippen LogP) is 0.707. The smallest absolute Gasteiger partial charge is 0.0584 e. The Kier molecular flexibility index (Phi) is 3.82. The second-order valence-corrected chi connectivity index (χ2v) is 2.79. The van der Waals surface area contributed by atoms with E-state index in [1.54, 1.807) is 0 Å². The first-order chi connectivity index (χ1) is 4.09. The van der Waals surface area contributed by atoms with Gasteiger partial charge < -0.3 is 5.11 Å². The van der Waals surface area contributed by atoms with Crippen LogP contribution >= 0.6 is 0 Å². The number of hydrogen-bond donors (Lipinski definition) is 1. The van der Waals surface area contributed by atoms with Gasteiger partial charge in [-0.15, -0.1) is 0 Å². The SMILES string of the molecule is CC(C)N(C)C(C)CO. The van der Waals surface area contributed by atoms with Crippen molar-refractivity contribution in [1.29, 1.82) is 0 Å². The van der Waals surface area contributed by atoms with Gasteiger partial charge in [0.1, 0.15) is 0 Å². The molecule has 0 radical (unpaired) electrons. The van der Waals surface area contributed by atoms with E-state index in [2.05, 4.69) is 18.7 Å².